The summed E-state index contributed by atoms with van der Waals surface area (Å²) in [6.07, 6.45) is 1.52. The molecule has 2 N–H and O–H groups in total. The minimum atomic E-state index is -0.386. The predicted octanol–water partition coefficient (Wildman–Crippen LogP) is 0.526. The van der Waals surface area contributed by atoms with Gasteiger partial charge in [-0.25, -0.2) is 9.78 Å². The van der Waals surface area contributed by atoms with Gasteiger partial charge in [0.2, 0.25) is 0 Å². The van der Waals surface area contributed by atoms with Crippen LogP contribution in [0.1, 0.15) is 12.6 Å². The van der Waals surface area contributed by atoms with E-state index >= 15 is 0 Å². The van der Waals surface area contributed by atoms with Crippen LogP contribution >= 0.6 is 0 Å². The van der Waals surface area contributed by atoms with Crippen molar-refractivity contribution >= 4 is 11.8 Å². The fraction of sp³-hybridized carbons (Fsp3) is 0.375. The zero-order valence-electron chi connectivity index (χ0n) is 8.03. The van der Waals surface area contributed by atoms with Gasteiger partial charge in [-0.05, 0) is 6.92 Å². The third-order valence-electron chi connectivity index (χ3n) is 1.74. The van der Waals surface area contributed by atoms with Gasteiger partial charge < -0.3 is 9.88 Å². The molecule has 1 aromatic rings. The topological polar surface area (TPSA) is 82.7 Å². The van der Waals surface area contributed by atoms with E-state index in [1.807, 2.05) is 13.0 Å². The Balaban J connectivity index is 2.93. The van der Waals surface area contributed by atoms with E-state index in [4.69, 9.17) is 5.26 Å². The SMILES string of the molecule is CCn1cnc(NC(=O)NC)c1C#N. The molecule has 0 aliphatic carbocycles. The first-order chi connectivity index (χ1) is 6.72. The lowest BCUT2D eigenvalue weighted by atomic mass is 10.4. The lowest BCUT2D eigenvalue weighted by molar-refractivity contribution is 0.254. The van der Waals surface area contributed by atoms with Gasteiger partial charge in [0.25, 0.3) is 0 Å². The summed E-state index contributed by atoms with van der Waals surface area (Å²) in [6, 6.07) is 1.60. The first-order valence-electron chi connectivity index (χ1n) is 4.16. The number of aryl methyl sites for hydroxylation is 1. The van der Waals surface area contributed by atoms with Crippen LogP contribution in [0.4, 0.5) is 10.6 Å². The lowest BCUT2D eigenvalue weighted by Crippen LogP contribution is -2.25. The summed E-state index contributed by atoms with van der Waals surface area (Å²) in [5.41, 5.74) is 0.358. The molecule has 1 rings (SSSR count). The van der Waals surface area contributed by atoms with Crippen molar-refractivity contribution in [3.05, 3.63) is 12.0 Å². The highest BCUT2D eigenvalue weighted by Crippen LogP contribution is 2.11. The number of hydrogen-bond acceptors (Lipinski definition) is 3. The molecular formula is C8H11N5O. The molecular weight excluding hydrogens is 182 g/mol. The Morgan fingerprint density at radius 3 is 3.00 bits per heavy atom. The average Bonchev–Trinajstić information content (AvgIpc) is 2.59. The maximum atomic E-state index is 11.0. The van der Waals surface area contributed by atoms with Crippen molar-refractivity contribution in [1.82, 2.24) is 14.9 Å². The number of rotatable bonds is 2. The molecule has 0 aliphatic heterocycles. The van der Waals surface area contributed by atoms with Gasteiger partial charge in [-0.1, -0.05) is 0 Å². The number of aromatic nitrogens is 2. The number of hydrogen-bond donors (Lipinski definition) is 2. The summed E-state index contributed by atoms with van der Waals surface area (Å²) in [7, 11) is 1.50. The molecule has 0 aliphatic rings. The third-order valence-corrected chi connectivity index (χ3v) is 1.74. The average molecular weight is 193 g/mol. The zero-order valence-corrected chi connectivity index (χ0v) is 8.03. The van der Waals surface area contributed by atoms with Crippen molar-refractivity contribution in [2.75, 3.05) is 12.4 Å². The van der Waals surface area contributed by atoms with Crippen LogP contribution in [-0.2, 0) is 6.54 Å². The van der Waals surface area contributed by atoms with Crippen molar-refractivity contribution in [2.45, 2.75) is 13.5 Å². The van der Waals surface area contributed by atoms with Crippen molar-refractivity contribution in [2.24, 2.45) is 0 Å². The Kier molecular flexibility index (Phi) is 3.07. The second-order valence-electron chi connectivity index (χ2n) is 2.54. The highest BCUT2D eigenvalue weighted by molar-refractivity contribution is 5.89. The highest BCUT2D eigenvalue weighted by Gasteiger charge is 2.10. The van der Waals surface area contributed by atoms with E-state index in [1.54, 1.807) is 4.57 Å². The minimum absolute atomic E-state index is 0.286. The summed E-state index contributed by atoms with van der Waals surface area (Å²) in [6.45, 7) is 2.54. The maximum absolute atomic E-state index is 11.0. The third kappa shape index (κ3) is 1.82. The van der Waals surface area contributed by atoms with Crippen LogP contribution in [0.3, 0.4) is 0 Å². The molecule has 1 heterocycles. The normalized spacial score (nSPS) is 9.21. The molecule has 14 heavy (non-hydrogen) atoms. The van der Waals surface area contributed by atoms with E-state index in [-0.39, 0.29) is 11.8 Å². The summed E-state index contributed by atoms with van der Waals surface area (Å²) >= 11 is 0. The Labute approximate surface area is 81.5 Å². The molecule has 0 saturated carbocycles. The number of nitrogens with one attached hydrogen (secondary N) is 2. The quantitative estimate of drug-likeness (QED) is 0.718. The molecule has 1 aromatic heterocycles. The predicted molar refractivity (Wildman–Crippen MR) is 50.7 cm³/mol. The maximum Gasteiger partial charge on any atom is 0.320 e. The van der Waals surface area contributed by atoms with E-state index in [9.17, 15) is 4.79 Å². The van der Waals surface area contributed by atoms with E-state index in [0.717, 1.165) is 0 Å². The fourth-order valence-electron chi connectivity index (χ4n) is 1.00. The largest absolute Gasteiger partial charge is 0.341 e. The van der Waals surface area contributed by atoms with Crippen LogP contribution in [-0.4, -0.2) is 22.6 Å². The van der Waals surface area contributed by atoms with Gasteiger partial charge in [0, 0.05) is 13.6 Å². The van der Waals surface area contributed by atoms with Crippen molar-refractivity contribution < 1.29 is 4.79 Å². The van der Waals surface area contributed by atoms with Gasteiger partial charge >= 0.3 is 6.03 Å². The van der Waals surface area contributed by atoms with Gasteiger partial charge in [0.15, 0.2) is 11.5 Å². The highest BCUT2D eigenvalue weighted by atomic mass is 16.2. The van der Waals surface area contributed by atoms with Crippen molar-refractivity contribution in [1.29, 1.82) is 5.26 Å². The molecule has 6 heteroatoms. The number of nitrogens with zero attached hydrogens (tertiary/aromatic N) is 3. The van der Waals surface area contributed by atoms with Gasteiger partial charge in [-0.3, -0.25) is 5.32 Å². The van der Waals surface area contributed by atoms with E-state index < -0.39 is 0 Å². The van der Waals surface area contributed by atoms with Gasteiger partial charge in [-0.2, -0.15) is 5.26 Å². The standard InChI is InChI=1S/C8H11N5O/c1-3-13-5-11-7(6(13)4-9)12-8(14)10-2/h5H,3H2,1-2H3,(H2,10,12,14). The summed E-state index contributed by atoms with van der Waals surface area (Å²) in [5, 5.41) is 13.7. The summed E-state index contributed by atoms with van der Waals surface area (Å²) < 4.78 is 1.66. The number of amides is 2. The lowest BCUT2D eigenvalue weighted by Gasteiger charge is -2.01. The van der Waals surface area contributed by atoms with Crippen LogP contribution in [0.2, 0.25) is 0 Å². The molecule has 0 aromatic carbocycles. The molecule has 6 nitrogen and oxygen atoms in total. The first kappa shape index (κ1) is 10.1. The fourth-order valence-corrected chi connectivity index (χ4v) is 1.00. The van der Waals surface area contributed by atoms with Gasteiger partial charge in [-0.15, -0.1) is 0 Å². The molecule has 74 valence electrons. The Morgan fingerprint density at radius 1 is 1.79 bits per heavy atom. The summed E-state index contributed by atoms with van der Waals surface area (Å²) in [5.74, 6) is 0.286. The number of anilines is 1. The Bertz CT molecular complexity index is 376. The number of carbonyl (C=O) groups excluding carboxylic acids is 1. The van der Waals surface area contributed by atoms with Crippen LogP contribution < -0.4 is 10.6 Å². The molecule has 2 amide bonds. The Morgan fingerprint density at radius 2 is 2.50 bits per heavy atom. The molecule has 0 bridgehead atoms. The van der Waals surface area contributed by atoms with E-state index in [2.05, 4.69) is 15.6 Å². The first-order valence-corrected chi connectivity index (χ1v) is 4.16. The smallest absolute Gasteiger partial charge is 0.320 e. The second kappa shape index (κ2) is 4.28. The van der Waals surface area contributed by atoms with Crippen LogP contribution in [0.25, 0.3) is 0 Å². The summed E-state index contributed by atoms with van der Waals surface area (Å²) in [4.78, 5) is 14.9. The molecule has 0 fully saturated rings. The molecule has 0 saturated heterocycles. The van der Waals surface area contributed by atoms with Crippen LogP contribution in [0.5, 0.6) is 0 Å². The van der Waals surface area contributed by atoms with Gasteiger partial charge in [0.1, 0.15) is 6.07 Å². The van der Waals surface area contributed by atoms with Crippen molar-refractivity contribution in [3.8, 4) is 6.07 Å². The monoisotopic (exact) mass is 193 g/mol. The molecule has 0 unspecified atom stereocenters. The number of nitriles is 1. The minimum Gasteiger partial charge on any atom is -0.341 e. The zero-order chi connectivity index (χ0) is 10.6. The molecule has 0 radical (unpaired) electrons. The second-order valence-corrected chi connectivity index (χ2v) is 2.54. The van der Waals surface area contributed by atoms with Gasteiger partial charge in [0.05, 0.1) is 6.33 Å². The molecule has 0 atom stereocenters. The molecule has 0 spiro atoms. The number of imidazole rings is 1. The number of carbonyl (C=O) groups is 1. The Hall–Kier alpha value is -2.03. The number of urea groups is 1. The van der Waals surface area contributed by atoms with E-state index in [1.165, 1.54) is 13.4 Å². The van der Waals surface area contributed by atoms with E-state index in [0.29, 0.717) is 12.2 Å². The van der Waals surface area contributed by atoms with Crippen molar-refractivity contribution in [3.63, 3.8) is 0 Å². The van der Waals surface area contributed by atoms with Crippen LogP contribution in [0, 0.1) is 11.3 Å². The van der Waals surface area contributed by atoms with Crippen LogP contribution in [0.15, 0.2) is 6.33 Å².